The van der Waals surface area contributed by atoms with Crippen LogP contribution in [0, 0.1) is 11.8 Å². The second-order valence-corrected chi connectivity index (χ2v) is 5.50. The van der Waals surface area contributed by atoms with Gasteiger partial charge in [0.2, 0.25) is 0 Å². The molecule has 15 heavy (non-hydrogen) atoms. The largest absolute Gasteiger partial charge is 0.481 e. The van der Waals surface area contributed by atoms with Crippen LogP contribution in [-0.4, -0.2) is 11.1 Å². The molecule has 0 saturated heterocycles. The molecule has 1 aromatic rings. The zero-order valence-corrected chi connectivity index (χ0v) is 10.0. The van der Waals surface area contributed by atoms with Crippen molar-refractivity contribution in [1.29, 1.82) is 0 Å². The van der Waals surface area contributed by atoms with E-state index in [1.807, 2.05) is 12.1 Å². The predicted octanol–water partition coefficient (Wildman–Crippen LogP) is 3.07. The summed E-state index contributed by atoms with van der Waals surface area (Å²) < 4.78 is 1.02. The number of aliphatic carboxylic acids is 1. The lowest BCUT2D eigenvalue weighted by Crippen LogP contribution is -2.05. The third-order valence-corrected chi connectivity index (χ3v) is 4.37. The van der Waals surface area contributed by atoms with Gasteiger partial charge in [-0.25, -0.2) is 0 Å². The van der Waals surface area contributed by atoms with E-state index in [0.29, 0.717) is 10.9 Å². The number of hydrogen-bond acceptors (Lipinski definition) is 1. The zero-order valence-electron chi connectivity index (χ0n) is 7.71. The van der Waals surface area contributed by atoms with E-state index in [9.17, 15) is 4.79 Å². The zero-order chi connectivity index (χ0) is 10.7. The van der Waals surface area contributed by atoms with E-state index in [1.54, 1.807) is 0 Å². The highest BCUT2D eigenvalue weighted by molar-refractivity contribution is 9.10. The number of carboxylic acids is 1. The lowest BCUT2D eigenvalue weighted by atomic mass is 10.0. The highest BCUT2D eigenvalue weighted by atomic mass is 79.9. The van der Waals surface area contributed by atoms with Gasteiger partial charge in [0.05, 0.1) is 5.92 Å². The molecule has 2 nitrogen and oxygen atoms in total. The highest BCUT2D eigenvalue weighted by Crippen LogP contribution is 2.62. The van der Waals surface area contributed by atoms with Crippen LogP contribution in [0.3, 0.4) is 0 Å². The predicted molar refractivity (Wildman–Crippen MR) is 60.2 cm³/mol. The van der Waals surface area contributed by atoms with Crippen molar-refractivity contribution in [2.24, 2.45) is 11.8 Å². The quantitative estimate of drug-likeness (QED) is 0.862. The van der Waals surface area contributed by atoms with Crippen LogP contribution in [-0.2, 0) is 11.2 Å². The summed E-state index contributed by atoms with van der Waals surface area (Å²) in [5, 5.41) is 9.66. The first-order valence-corrected chi connectivity index (χ1v) is 5.97. The average molecular weight is 288 g/mol. The molecule has 3 atom stereocenters. The Morgan fingerprint density at radius 2 is 2.27 bits per heavy atom. The van der Waals surface area contributed by atoms with E-state index in [2.05, 4.69) is 15.9 Å². The van der Waals surface area contributed by atoms with Crippen molar-refractivity contribution in [3.05, 3.63) is 32.8 Å². The molecule has 0 radical (unpaired) electrons. The summed E-state index contributed by atoms with van der Waals surface area (Å²) in [6.45, 7) is 0. The average Bonchev–Trinajstić information content (AvgIpc) is 2.74. The van der Waals surface area contributed by atoms with Gasteiger partial charge in [-0.3, -0.25) is 4.79 Å². The molecule has 0 amide bonds. The van der Waals surface area contributed by atoms with Crippen LogP contribution in [0.1, 0.15) is 17.0 Å². The number of benzene rings is 1. The Morgan fingerprint density at radius 1 is 1.53 bits per heavy atom. The molecule has 0 unspecified atom stereocenters. The van der Waals surface area contributed by atoms with Crippen LogP contribution >= 0.6 is 27.5 Å². The second kappa shape index (κ2) is 2.98. The van der Waals surface area contributed by atoms with Gasteiger partial charge in [0.15, 0.2) is 0 Å². The van der Waals surface area contributed by atoms with Gasteiger partial charge >= 0.3 is 5.97 Å². The summed E-state index contributed by atoms with van der Waals surface area (Å²) in [5.41, 5.74) is 2.37. The van der Waals surface area contributed by atoms with Crippen LogP contribution in [0.2, 0.25) is 5.02 Å². The van der Waals surface area contributed by atoms with Gasteiger partial charge in [0, 0.05) is 15.4 Å². The van der Waals surface area contributed by atoms with Gasteiger partial charge in [-0.15, -0.1) is 0 Å². The number of halogens is 2. The fourth-order valence-electron chi connectivity index (χ4n) is 2.76. The summed E-state index contributed by atoms with van der Waals surface area (Å²) in [7, 11) is 0. The molecule has 0 bridgehead atoms. The van der Waals surface area contributed by atoms with Crippen molar-refractivity contribution < 1.29 is 9.90 Å². The highest BCUT2D eigenvalue weighted by Gasteiger charge is 2.60. The van der Waals surface area contributed by atoms with E-state index in [0.717, 1.165) is 16.5 Å². The molecule has 2 aliphatic carbocycles. The van der Waals surface area contributed by atoms with Crippen LogP contribution in [0.25, 0.3) is 0 Å². The Hall–Kier alpha value is -0.540. The number of hydrogen-bond donors (Lipinski definition) is 1. The lowest BCUT2D eigenvalue weighted by molar-refractivity contribution is -0.139. The number of fused-ring (bicyclic) bond motifs is 3. The Labute approximate surface area is 100 Å². The first-order valence-electron chi connectivity index (χ1n) is 4.80. The minimum atomic E-state index is -0.674. The van der Waals surface area contributed by atoms with Crippen molar-refractivity contribution in [2.45, 2.75) is 12.3 Å². The standard InChI is InChI=1S/C11H8BrClO2/c12-8-2-4(13)1-6-5(8)3-7-9(6)10(7)11(14)15/h1-2,7,9-10H,3H2,(H,14,15)/t7-,9+,10+/m0/s1. The third kappa shape index (κ3) is 1.26. The molecule has 78 valence electrons. The Bertz CT molecular complexity index is 472. The summed E-state index contributed by atoms with van der Waals surface area (Å²) in [6, 6.07) is 3.79. The summed E-state index contributed by atoms with van der Waals surface area (Å²) >= 11 is 9.43. The molecule has 4 heteroatoms. The second-order valence-electron chi connectivity index (χ2n) is 4.21. The Kier molecular flexibility index (Phi) is 1.92. The van der Waals surface area contributed by atoms with E-state index < -0.39 is 5.97 Å². The van der Waals surface area contributed by atoms with Crippen molar-refractivity contribution in [2.75, 3.05) is 0 Å². The Balaban J connectivity index is 2.05. The first-order chi connectivity index (χ1) is 7.09. The molecule has 1 saturated carbocycles. The fraction of sp³-hybridized carbons (Fsp3) is 0.364. The van der Waals surface area contributed by atoms with E-state index >= 15 is 0 Å². The van der Waals surface area contributed by atoms with Crippen LogP contribution in [0.15, 0.2) is 16.6 Å². The van der Waals surface area contributed by atoms with E-state index in [1.165, 1.54) is 5.56 Å². The molecular formula is C11H8BrClO2. The summed E-state index contributed by atoms with van der Waals surface area (Å²) in [4.78, 5) is 10.9. The number of carbonyl (C=O) groups is 1. The topological polar surface area (TPSA) is 37.3 Å². The molecule has 1 fully saturated rings. The maximum Gasteiger partial charge on any atom is 0.307 e. The van der Waals surface area contributed by atoms with Gasteiger partial charge in [0.25, 0.3) is 0 Å². The fourth-order valence-corrected chi connectivity index (χ4v) is 3.76. The Morgan fingerprint density at radius 3 is 2.93 bits per heavy atom. The van der Waals surface area contributed by atoms with E-state index in [4.69, 9.17) is 16.7 Å². The third-order valence-electron chi connectivity index (χ3n) is 3.45. The number of rotatable bonds is 1. The van der Waals surface area contributed by atoms with Gasteiger partial charge in [-0.1, -0.05) is 27.5 Å². The number of carboxylic acid groups (broad SMARTS) is 1. The van der Waals surface area contributed by atoms with Crippen molar-refractivity contribution >= 4 is 33.5 Å². The smallest absolute Gasteiger partial charge is 0.307 e. The monoisotopic (exact) mass is 286 g/mol. The van der Waals surface area contributed by atoms with Crippen molar-refractivity contribution in [3.8, 4) is 0 Å². The lowest BCUT2D eigenvalue weighted by Gasteiger charge is -2.08. The molecule has 3 rings (SSSR count). The molecule has 1 aromatic carbocycles. The van der Waals surface area contributed by atoms with Crippen LogP contribution < -0.4 is 0 Å². The summed E-state index contributed by atoms with van der Waals surface area (Å²) in [6.07, 6.45) is 0.870. The van der Waals surface area contributed by atoms with Crippen LogP contribution in [0.5, 0.6) is 0 Å². The summed E-state index contributed by atoms with van der Waals surface area (Å²) in [5.74, 6) is -0.352. The molecule has 0 heterocycles. The van der Waals surface area contributed by atoms with Gasteiger partial charge < -0.3 is 5.11 Å². The van der Waals surface area contributed by atoms with Gasteiger partial charge in [-0.2, -0.15) is 0 Å². The molecule has 0 aromatic heterocycles. The van der Waals surface area contributed by atoms with Crippen LogP contribution in [0.4, 0.5) is 0 Å². The SMILES string of the molecule is O=C(O)[C@@H]1[C@H]2Cc3c(Br)cc(Cl)cc3[C@H]21. The normalized spacial score (nSPS) is 30.9. The maximum absolute atomic E-state index is 10.9. The maximum atomic E-state index is 10.9. The van der Waals surface area contributed by atoms with Crippen molar-refractivity contribution in [3.63, 3.8) is 0 Å². The minimum Gasteiger partial charge on any atom is -0.481 e. The van der Waals surface area contributed by atoms with E-state index in [-0.39, 0.29) is 11.8 Å². The first kappa shape index (κ1) is 9.67. The minimum absolute atomic E-state index is 0.178. The molecule has 1 N–H and O–H groups in total. The molecule has 2 aliphatic rings. The molecule has 0 aliphatic heterocycles. The molecular weight excluding hydrogens is 279 g/mol. The molecule has 0 spiro atoms. The van der Waals surface area contributed by atoms with Crippen molar-refractivity contribution in [1.82, 2.24) is 0 Å². The van der Waals surface area contributed by atoms with Gasteiger partial charge in [0.1, 0.15) is 0 Å². The van der Waals surface area contributed by atoms with Gasteiger partial charge in [-0.05, 0) is 35.6 Å².